The Bertz CT molecular complexity index is 1600. The lowest BCUT2D eigenvalue weighted by Crippen LogP contribution is -2.54. The summed E-state index contributed by atoms with van der Waals surface area (Å²) in [5, 5.41) is 5.45. The minimum atomic E-state index is -0.890. The molecule has 212 valence electrons. The first-order valence-electron chi connectivity index (χ1n) is 12.6. The van der Waals surface area contributed by atoms with Crippen molar-refractivity contribution in [3.63, 3.8) is 0 Å². The summed E-state index contributed by atoms with van der Waals surface area (Å²) in [6, 6.07) is 12.6. The van der Waals surface area contributed by atoms with Crippen LogP contribution in [0.25, 0.3) is 6.08 Å². The molecule has 9 nitrogen and oxygen atoms in total. The van der Waals surface area contributed by atoms with E-state index in [9.17, 15) is 19.2 Å². The number of carbonyl (C=O) groups is 4. The zero-order chi connectivity index (χ0) is 29.8. The normalized spacial score (nSPS) is 14.2. The molecule has 0 radical (unpaired) electrons. The largest absolute Gasteiger partial charge is 0.490 e. The summed E-state index contributed by atoms with van der Waals surface area (Å²) in [5.41, 5.74) is 3.35. The maximum absolute atomic E-state index is 13.3. The van der Waals surface area contributed by atoms with Crippen molar-refractivity contribution in [1.82, 2.24) is 5.32 Å². The summed E-state index contributed by atoms with van der Waals surface area (Å²) in [7, 11) is 0. The Balaban J connectivity index is 1.60. The van der Waals surface area contributed by atoms with Gasteiger partial charge in [0.2, 0.25) is 0 Å². The van der Waals surface area contributed by atoms with Crippen molar-refractivity contribution in [3.05, 3.63) is 86.4 Å². The molecule has 3 aromatic rings. The number of ether oxygens (including phenoxy) is 2. The topological polar surface area (TPSA) is 114 Å². The molecule has 3 aromatic carbocycles. The molecule has 1 saturated heterocycles. The highest BCUT2D eigenvalue weighted by atomic mass is 35.5. The van der Waals surface area contributed by atoms with E-state index in [0.717, 1.165) is 16.0 Å². The number of benzene rings is 3. The number of halogens is 2. The van der Waals surface area contributed by atoms with Gasteiger partial charge in [0.1, 0.15) is 5.57 Å². The van der Waals surface area contributed by atoms with Gasteiger partial charge in [-0.15, -0.1) is 0 Å². The first-order chi connectivity index (χ1) is 19.5. The van der Waals surface area contributed by atoms with E-state index in [4.69, 9.17) is 32.7 Å². The van der Waals surface area contributed by atoms with E-state index >= 15 is 0 Å². The maximum Gasteiger partial charge on any atom is 0.335 e. The Hall–Kier alpha value is -4.34. The van der Waals surface area contributed by atoms with Gasteiger partial charge < -0.3 is 14.8 Å². The van der Waals surface area contributed by atoms with Crippen molar-refractivity contribution in [2.45, 2.75) is 27.7 Å². The second kappa shape index (κ2) is 12.4. The lowest BCUT2D eigenvalue weighted by molar-refractivity contribution is -0.122. The fraction of sp³-hybridized carbons (Fsp3) is 0.200. The average Bonchev–Trinajstić information content (AvgIpc) is 2.90. The number of urea groups is 1. The number of aryl methyl sites for hydroxylation is 2. The van der Waals surface area contributed by atoms with E-state index < -0.39 is 23.8 Å². The quantitative estimate of drug-likeness (QED) is 0.244. The van der Waals surface area contributed by atoms with Crippen LogP contribution in [0.5, 0.6) is 11.5 Å². The van der Waals surface area contributed by atoms with Gasteiger partial charge >= 0.3 is 6.03 Å². The van der Waals surface area contributed by atoms with E-state index in [1.165, 1.54) is 18.2 Å². The van der Waals surface area contributed by atoms with Gasteiger partial charge in [-0.05, 0) is 86.4 Å². The van der Waals surface area contributed by atoms with Crippen molar-refractivity contribution in [2.75, 3.05) is 23.4 Å². The van der Waals surface area contributed by atoms with Crippen molar-refractivity contribution in [3.8, 4) is 11.5 Å². The van der Waals surface area contributed by atoms with Crippen LogP contribution >= 0.6 is 23.2 Å². The first kappa shape index (κ1) is 29.6. The Morgan fingerprint density at radius 3 is 2.49 bits per heavy atom. The summed E-state index contributed by atoms with van der Waals surface area (Å²) in [6.07, 6.45) is 1.29. The van der Waals surface area contributed by atoms with Crippen molar-refractivity contribution in [1.29, 1.82) is 0 Å². The lowest BCUT2D eigenvalue weighted by atomic mass is 10.1. The van der Waals surface area contributed by atoms with Crippen molar-refractivity contribution < 1.29 is 28.7 Å². The minimum absolute atomic E-state index is 0.0876. The van der Waals surface area contributed by atoms with Gasteiger partial charge in [-0.1, -0.05) is 41.4 Å². The highest BCUT2D eigenvalue weighted by Crippen LogP contribution is 2.38. The van der Waals surface area contributed by atoms with Gasteiger partial charge in [-0.2, -0.15) is 0 Å². The number of rotatable bonds is 8. The van der Waals surface area contributed by atoms with E-state index in [2.05, 4.69) is 10.6 Å². The summed E-state index contributed by atoms with van der Waals surface area (Å²) in [4.78, 5) is 52.1. The molecule has 0 spiro atoms. The van der Waals surface area contributed by atoms with Crippen LogP contribution < -0.4 is 25.0 Å². The molecule has 5 amide bonds. The smallest absolute Gasteiger partial charge is 0.335 e. The molecular weight excluding hydrogens is 569 g/mol. The zero-order valence-corrected chi connectivity index (χ0v) is 24.3. The van der Waals surface area contributed by atoms with Crippen LogP contribution in [-0.4, -0.2) is 37.0 Å². The summed E-state index contributed by atoms with van der Waals surface area (Å²) >= 11 is 12.7. The van der Waals surface area contributed by atoms with Crippen LogP contribution in [0.2, 0.25) is 10.0 Å². The number of imide groups is 2. The highest BCUT2D eigenvalue weighted by Gasteiger charge is 2.37. The zero-order valence-electron chi connectivity index (χ0n) is 22.8. The molecule has 0 atom stereocenters. The van der Waals surface area contributed by atoms with E-state index in [-0.39, 0.29) is 41.0 Å². The Kier molecular flexibility index (Phi) is 9.00. The molecule has 0 bridgehead atoms. The van der Waals surface area contributed by atoms with Crippen LogP contribution in [0.4, 0.5) is 16.2 Å². The number of nitrogens with one attached hydrogen (secondary N) is 2. The van der Waals surface area contributed by atoms with Crippen LogP contribution in [-0.2, 0) is 14.4 Å². The molecule has 0 unspecified atom stereocenters. The molecule has 1 fully saturated rings. The third-order valence-electron chi connectivity index (χ3n) is 6.24. The number of hydrogen-bond acceptors (Lipinski definition) is 6. The molecule has 41 heavy (non-hydrogen) atoms. The highest BCUT2D eigenvalue weighted by molar-refractivity contribution is 6.40. The monoisotopic (exact) mass is 595 g/mol. The average molecular weight is 596 g/mol. The molecule has 4 rings (SSSR count). The lowest BCUT2D eigenvalue weighted by Gasteiger charge is -2.27. The van der Waals surface area contributed by atoms with Gasteiger partial charge in [0.05, 0.1) is 17.3 Å². The molecule has 1 aliphatic heterocycles. The number of hydrogen-bond donors (Lipinski definition) is 2. The van der Waals surface area contributed by atoms with Gasteiger partial charge in [0.25, 0.3) is 17.7 Å². The van der Waals surface area contributed by atoms with E-state index in [0.29, 0.717) is 21.8 Å². The Morgan fingerprint density at radius 2 is 1.76 bits per heavy atom. The van der Waals surface area contributed by atoms with Gasteiger partial charge in [0.15, 0.2) is 18.1 Å². The molecule has 2 N–H and O–H groups in total. The van der Waals surface area contributed by atoms with Crippen LogP contribution in [0.1, 0.15) is 29.2 Å². The standard InChI is InChI=1S/C30H27Cl2N3O6/c1-5-40-25-14-19(13-22(32)27(25)41-15-26(36)33-23-11-16(2)9-10-17(23)3)12-20-28(37)34-30(39)35(29(20)38)24-8-6-7-21(31)18(24)4/h6-14H,5,15H2,1-4H3,(H,33,36)(H,34,37,39)/b20-12-. The number of anilines is 2. The third kappa shape index (κ3) is 6.53. The number of amides is 5. The Labute approximate surface area is 247 Å². The van der Waals surface area contributed by atoms with Gasteiger partial charge in [-0.25, -0.2) is 9.69 Å². The van der Waals surface area contributed by atoms with Crippen LogP contribution in [0, 0.1) is 20.8 Å². The van der Waals surface area contributed by atoms with Crippen LogP contribution in [0.15, 0.2) is 54.1 Å². The SMILES string of the molecule is CCOc1cc(/C=C2/C(=O)NC(=O)N(c3cccc(Cl)c3C)C2=O)cc(Cl)c1OCC(=O)Nc1cc(C)ccc1C. The summed E-state index contributed by atoms with van der Waals surface area (Å²) in [6.45, 7) is 7.13. The number of barbiturate groups is 1. The predicted molar refractivity (Wildman–Crippen MR) is 158 cm³/mol. The molecule has 0 aliphatic carbocycles. The number of nitrogens with zero attached hydrogens (tertiary/aromatic N) is 1. The van der Waals surface area contributed by atoms with Gasteiger partial charge in [-0.3, -0.25) is 19.7 Å². The molecule has 0 saturated carbocycles. The first-order valence-corrected chi connectivity index (χ1v) is 13.4. The van der Waals surface area contributed by atoms with E-state index in [1.807, 2.05) is 32.0 Å². The van der Waals surface area contributed by atoms with Gasteiger partial charge in [0, 0.05) is 10.7 Å². The summed E-state index contributed by atoms with van der Waals surface area (Å²) < 4.78 is 11.4. The second-order valence-corrected chi connectivity index (χ2v) is 10.1. The van der Waals surface area contributed by atoms with Crippen molar-refractivity contribution in [2.24, 2.45) is 0 Å². The fourth-order valence-electron chi connectivity index (χ4n) is 4.15. The predicted octanol–water partition coefficient (Wildman–Crippen LogP) is 6.00. The second-order valence-electron chi connectivity index (χ2n) is 9.26. The van der Waals surface area contributed by atoms with Crippen LogP contribution in [0.3, 0.4) is 0 Å². The number of carbonyl (C=O) groups excluding carboxylic acids is 4. The molecule has 0 aromatic heterocycles. The molecule has 1 aliphatic rings. The van der Waals surface area contributed by atoms with E-state index in [1.54, 1.807) is 32.0 Å². The molecular formula is C30H27Cl2N3O6. The summed E-state index contributed by atoms with van der Waals surface area (Å²) in [5.74, 6) is -1.77. The third-order valence-corrected chi connectivity index (χ3v) is 6.93. The molecule has 11 heteroatoms. The van der Waals surface area contributed by atoms with Crippen molar-refractivity contribution >= 4 is 64.4 Å². The Morgan fingerprint density at radius 1 is 1.00 bits per heavy atom. The maximum atomic E-state index is 13.3. The fourth-order valence-corrected chi connectivity index (χ4v) is 4.59. The minimum Gasteiger partial charge on any atom is -0.490 e. The molecule has 1 heterocycles.